The highest BCUT2D eigenvalue weighted by molar-refractivity contribution is 7.89. The molecule has 0 heterocycles. The second-order valence-electron chi connectivity index (χ2n) is 5.51. The molecule has 112 valence electrons. The Bertz CT molecular complexity index is 590. The van der Waals surface area contributed by atoms with Crippen LogP contribution in [0, 0.1) is 17.6 Å². The number of nitrogens with two attached hydrogens (primary N) is 1. The number of halogens is 2. The molecule has 0 spiro atoms. The van der Waals surface area contributed by atoms with Crippen LogP contribution in [-0.4, -0.2) is 25.3 Å². The molecule has 1 aliphatic rings. The summed E-state index contributed by atoms with van der Waals surface area (Å²) < 4.78 is 53.9. The Kier molecular flexibility index (Phi) is 4.02. The van der Waals surface area contributed by atoms with E-state index < -0.39 is 26.6 Å². The van der Waals surface area contributed by atoms with Crippen molar-refractivity contribution in [3.05, 3.63) is 23.8 Å². The highest BCUT2D eigenvalue weighted by Gasteiger charge is 2.40. The summed E-state index contributed by atoms with van der Waals surface area (Å²) in [6, 6.07) is 1.51. The van der Waals surface area contributed by atoms with Crippen molar-refractivity contribution in [2.75, 3.05) is 12.3 Å². The first kappa shape index (κ1) is 15.2. The molecule has 20 heavy (non-hydrogen) atoms. The predicted octanol–water partition coefficient (Wildman–Crippen LogP) is 2.36. The number of anilines is 1. The summed E-state index contributed by atoms with van der Waals surface area (Å²) in [7, 11) is -4.18. The van der Waals surface area contributed by atoms with Gasteiger partial charge in [0.1, 0.15) is 11.6 Å². The smallest absolute Gasteiger partial charge is 0.249 e. The zero-order valence-electron chi connectivity index (χ0n) is 11.4. The topological polar surface area (TPSA) is 63.4 Å². The molecule has 0 amide bonds. The van der Waals surface area contributed by atoms with Crippen molar-refractivity contribution in [2.24, 2.45) is 5.92 Å². The van der Waals surface area contributed by atoms with E-state index in [0.29, 0.717) is 0 Å². The Morgan fingerprint density at radius 2 is 1.80 bits per heavy atom. The molecule has 0 radical (unpaired) electrons. The first-order valence-electron chi connectivity index (χ1n) is 6.50. The van der Waals surface area contributed by atoms with E-state index in [1.807, 2.05) is 13.8 Å². The van der Waals surface area contributed by atoms with Gasteiger partial charge in [-0.1, -0.05) is 13.8 Å². The standard InChI is InChI=1S/C13H18F2N2O2S/c1-8(2)7-17(10-3-4-10)20(18,19)13-11(14)5-9(16)6-12(13)15/h5-6,8,10H,3-4,7,16H2,1-2H3. The van der Waals surface area contributed by atoms with Gasteiger partial charge in [0.2, 0.25) is 10.0 Å². The van der Waals surface area contributed by atoms with Gasteiger partial charge in [-0.25, -0.2) is 17.2 Å². The van der Waals surface area contributed by atoms with Crippen molar-refractivity contribution in [3.63, 3.8) is 0 Å². The first-order valence-corrected chi connectivity index (χ1v) is 7.94. The Morgan fingerprint density at radius 1 is 1.30 bits per heavy atom. The van der Waals surface area contributed by atoms with Crippen molar-refractivity contribution in [1.82, 2.24) is 4.31 Å². The van der Waals surface area contributed by atoms with Crippen LogP contribution in [0.25, 0.3) is 0 Å². The summed E-state index contributed by atoms with van der Waals surface area (Å²) in [4.78, 5) is -0.903. The predicted molar refractivity (Wildman–Crippen MR) is 72.5 cm³/mol. The van der Waals surface area contributed by atoms with Crippen molar-refractivity contribution < 1.29 is 17.2 Å². The zero-order valence-corrected chi connectivity index (χ0v) is 12.3. The van der Waals surface area contributed by atoms with Crippen molar-refractivity contribution >= 4 is 15.7 Å². The molecule has 1 aromatic rings. The molecule has 7 heteroatoms. The van der Waals surface area contributed by atoms with Gasteiger partial charge in [0.05, 0.1) is 0 Å². The van der Waals surface area contributed by atoms with E-state index in [1.54, 1.807) is 0 Å². The van der Waals surface area contributed by atoms with E-state index in [9.17, 15) is 17.2 Å². The average molecular weight is 304 g/mol. The maximum Gasteiger partial charge on any atom is 0.249 e. The van der Waals surface area contributed by atoms with Crippen LogP contribution in [0.3, 0.4) is 0 Å². The van der Waals surface area contributed by atoms with Gasteiger partial charge >= 0.3 is 0 Å². The van der Waals surface area contributed by atoms with Crippen LogP contribution in [0.15, 0.2) is 17.0 Å². The van der Waals surface area contributed by atoms with Crippen molar-refractivity contribution in [2.45, 2.75) is 37.6 Å². The number of rotatable bonds is 5. The Morgan fingerprint density at radius 3 is 2.20 bits per heavy atom. The summed E-state index contributed by atoms with van der Waals surface area (Å²) in [5, 5.41) is 0. The maximum atomic E-state index is 13.9. The molecule has 1 aliphatic carbocycles. The van der Waals surface area contributed by atoms with Crippen molar-refractivity contribution in [3.8, 4) is 0 Å². The molecule has 1 fully saturated rings. The number of sulfonamides is 1. The molecule has 0 aromatic heterocycles. The highest BCUT2D eigenvalue weighted by atomic mass is 32.2. The Labute approximate surface area is 117 Å². The summed E-state index contributed by atoms with van der Waals surface area (Å²) in [5.74, 6) is -2.21. The fourth-order valence-corrected chi connectivity index (χ4v) is 4.05. The second kappa shape index (κ2) is 5.29. The molecule has 4 nitrogen and oxygen atoms in total. The molecule has 0 bridgehead atoms. The van der Waals surface area contributed by atoms with Gasteiger partial charge in [0.15, 0.2) is 4.90 Å². The molecule has 2 rings (SSSR count). The number of nitrogen functional groups attached to an aromatic ring is 1. The molecule has 0 saturated heterocycles. The quantitative estimate of drug-likeness (QED) is 0.849. The lowest BCUT2D eigenvalue weighted by Gasteiger charge is -2.24. The van der Waals surface area contributed by atoms with Gasteiger partial charge in [-0.15, -0.1) is 0 Å². The molecular formula is C13H18F2N2O2S. The SMILES string of the molecule is CC(C)CN(C1CC1)S(=O)(=O)c1c(F)cc(N)cc1F. The van der Waals surface area contributed by atoms with E-state index >= 15 is 0 Å². The zero-order chi connectivity index (χ0) is 15.1. The van der Waals surface area contributed by atoms with Crippen LogP contribution in [0.5, 0.6) is 0 Å². The number of hydrogen-bond donors (Lipinski definition) is 1. The molecule has 1 aromatic carbocycles. The second-order valence-corrected chi connectivity index (χ2v) is 7.34. The van der Waals surface area contributed by atoms with Crippen LogP contribution >= 0.6 is 0 Å². The fourth-order valence-electron chi connectivity index (χ4n) is 2.11. The van der Waals surface area contributed by atoms with Gasteiger partial charge in [-0.05, 0) is 30.9 Å². The third-order valence-corrected chi connectivity index (χ3v) is 5.06. The minimum Gasteiger partial charge on any atom is -0.399 e. The van der Waals surface area contributed by atoms with Gasteiger partial charge in [-0.2, -0.15) is 4.31 Å². The third-order valence-electron chi connectivity index (χ3n) is 3.09. The molecule has 0 unspecified atom stereocenters. The largest absolute Gasteiger partial charge is 0.399 e. The summed E-state index contributed by atoms with van der Waals surface area (Å²) >= 11 is 0. The summed E-state index contributed by atoms with van der Waals surface area (Å²) in [6.07, 6.45) is 1.45. The fraction of sp³-hybridized carbons (Fsp3) is 0.538. The lowest BCUT2D eigenvalue weighted by atomic mass is 10.2. The monoisotopic (exact) mass is 304 g/mol. The van der Waals surface area contributed by atoms with Crippen LogP contribution in [0.1, 0.15) is 26.7 Å². The lowest BCUT2D eigenvalue weighted by molar-refractivity contribution is 0.355. The van der Waals surface area contributed by atoms with E-state index in [2.05, 4.69) is 0 Å². The Hall–Kier alpha value is -1.21. The van der Waals surface area contributed by atoms with Crippen LogP contribution in [-0.2, 0) is 10.0 Å². The number of hydrogen-bond acceptors (Lipinski definition) is 3. The van der Waals surface area contributed by atoms with E-state index in [0.717, 1.165) is 25.0 Å². The minimum atomic E-state index is -4.18. The van der Waals surface area contributed by atoms with Crippen LogP contribution in [0.4, 0.5) is 14.5 Å². The van der Waals surface area contributed by atoms with Gasteiger partial charge in [0.25, 0.3) is 0 Å². The first-order chi connectivity index (χ1) is 9.23. The van der Waals surface area contributed by atoms with Gasteiger partial charge in [0, 0.05) is 18.3 Å². The molecule has 2 N–H and O–H groups in total. The van der Waals surface area contributed by atoms with Gasteiger partial charge in [-0.3, -0.25) is 0 Å². The van der Waals surface area contributed by atoms with Crippen LogP contribution in [0.2, 0.25) is 0 Å². The lowest BCUT2D eigenvalue weighted by Crippen LogP contribution is -2.37. The molecule has 0 atom stereocenters. The van der Waals surface area contributed by atoms with E-state index in [4.69, 9.17) is 5.73 Å². The maximum absolute atomic E-state index is 13.9. The number of benzene rings is 1. The normalized spacial score (nSPS) is 16.1. The molecule has 0 aliphatic heterocycles. The van der Waals surface area contributed by atoms with E-state index in [-0.39, 0.29) is 24.2 Å². The Balaban J connectivity index is 2.48. The summed E-state index contributed by atoms with van der Waals surface area (Å²) in [5.41, 5.74) is 5.17. The summed E-state index contributed by atoms with van der Waals surface area (Å²) in [6.45, 7) is 3.97. The van der Waals surface area contributed by atoms with Crippen LogP contribution < -0.4 is 5.73 Å². The van der Waals surface area contributed by atoms with Crippen molar-refractivity contribution in [1.29, 1.82) is 0 Å². The average Bonchev–Trinajstić information content (AvgIpc) is 3.06. The minimum absolute atomic E-state index is 0.0743. The molecule has 1 saturated carbocycles. The van der Waals surface area contributed by atoms with E-state index in [1.165, 1.54) is 4.31 Å². The van der Waals surface area contributed by atoms with Gasteiger partial charge < -0.3 is 5.73 Å². The molecular weight excluding hydrogens is 286 g/mol. The third kappa shape index (κ3) is 2.93. The number of nitrogens with zero attached hydrogens (tertiary/aromatic N) is 1. The highest BCUT2D eigenvalue weighted by Crippen LogP contribution is 2.34.